The van der Waals surface area contributed by atoms with Crippen molar-refractivity contribution < 1.29 is 39.8 Å². The fourth-order valence-electron chi connectivity index (χ4n) is 6.75. The number of ether oxygens (including phenoxy) is 2. The van der Waals surface area contributed by atoms with E-state index in [1.807, 2.05) is 6.08 Å². The molecule has 1 rings (SSSR count). The standard InChI is InChI=1S/C56H89NO8/c1-3-5-7-9-11-13-15-16-17-18-19-20-21-22-23-24-25-26-27-28-29-30-31-32-33-34-36-38-40-42-44-46-52(60)57-49(48-64-56-55(63)54(62)53(61)51(47-58)65-56)50(59)45-43-41-39-37-35-14-12-10-8-6-4-2/h5,7,11,13,16-17,19-20,22-23,25-26,28-29,31-32,34-37,43,45,49-51,53-56,58-59,61-63H,3-4,6,8-10,12,14-15,18,21,24,27,30,33,38-42,44,46-48H2,1-2H3,(H,57,60)/b7-5-,13-11-,17-16-,20-19-,23-22-,26-25-,29-28-,32-31-,36-34-,37-35+,45-43+. The van der Waals surface area contributed by atoms with Crippen LogP contribution in [-0.4, -0.2) is 87.5 Å². The van der Waals surface area contributed by atoms with E-state index in [-0.39, 0.29) is 18.9 Å². The van der Waals surface area contributed by atoms with Gasteiger partial charge in [-0.2, -0.15) is 0 Å². The van der Waals surface area contributed by atoms with E-state index in [1.165, 1.54) is 32.1 Å². The molecule has 9 nitrogen and oxygen atoms in total. The third-order valence-electron chi connectivity index (χ3n) is 10.7. The normalized spacial score (nSPS) is 21.1. The molecule has 7 unspecified atom stereocenters. The highest BCUT2D eigenvalue weighted by atomic mass is 16.7. The van der Waals surface area contributed by atoms with E-state index in [2.05, 4.69) is 141 Å². The van der Waals surface area contributed by atoms with Gasteiger partial charge < -0.3 is 40.3 Å². The molecule has 0 aromatic heterocycles. The fourth-order valence-corrected chi connectivity index (χ4v) is 6.75. The minimum Gasteiger partial charge on any atom is -0.394 e. The summed E-state index contributed by atoms with van der Waals surface area (Å²) in [5.74, 6) is -0.228. The molecule has 1 fully saturated rings. The molecular formula is C56H89NO8. The zero-order valence-electron chi connectivity index (χ0n) is 40.2. The third-order valence-corrected chi connectivity index (χ3v) is 10.7. The van der Waals surface area contributed by atoms with E-state index in [9.17, 15) is 30.3 Å². The maximum Gasteiger partial charge on any atom is 0.220 e. The van der Waals surface area contributed by atoms with Gasteiger partial charge in [0.05, 0.1) is 25.4 Å². The Hall–Kier alpha value is -3.67. The molecule has 1 aliphatic heterocycles. The van der Waals surface area contributed by atoms with E-state index in [0.717, 1.165) is 96.3 Å². The number of nitrogens with one attached hydrogen (secondary N) is 1. The molecule has 1 amide bonds. The summed E-state index contributed by atoms with van der Waals surface area (Å²) < 4.78 is 11.2. The summed E-state index contributed by atoms with van der Waals surface area (Å²) in [6.07, 6.45) is 60.8. The number of aliphatic hydroxyl groups is 5. The molecule has 0 aromatic carbocycles. The topological polar surface area (TPSA) is 149 Å². The first-order valence-electron chi connectivity index (χ1n) is 24.9. The van der Waals surface area contributed by atoms with Gasteiger partial charge in [0.2, 0.25) is 5.91 Å². The summed E-state index contributed by atoms with van der Waals surface area (Å²) >= 11 is 0. The lowest BCUT2D eigenvalue weighted by Gasteiger charge is -2.40. The highest BCUT2D eigenvalue weighted by molar-refractivity contribution is 5.76. The smallest absolute Gasteiger partial charge is 0.220 e. The van der Waals surface area contributed by atoms with Gasteiger partial charge in [0.15, 0.2) is 6.29 Å². The molecule has 366 valence electrons. The second-order valence-corrected chi connectivity index (χ2v) is 16.5. The van der Waals surface area contributed by atoms with Gasteiger partial charge in [-0.05, 0) is 103 Å². The Morgan fingerprint density at radius 1 is 0.538 bits per heavy atom. The molecule has 0 bridgehead atoms. The molecular weight excluding hydrogens is 815 g/mol. The van der Waals surface area contributed by atoms with Crippen LogP contribution in [-0.2, 0) is 14.3 Å². The number of amides is 1. The van der Waals surface area contributed by atoms with Crippen molar-refractivity contribution in [2.75, 3.05) is 13.2 Å². The molecule has 9 heteroatoms. The van der Waals surface area contributed by atoms with Crippen molar-refractivity contribution in [2.45, 2.75) is 198 Å². The number of hydrogen-bond acceptors (Lipinski definition) is 8. The van der Waals surface area contributed by atoms with Crippen molar-refractivity contribution in [2.24, 2.45) is 0 Å². The zero-order valence-corrected chi connectivity index (χ0v) is 40.2. The van der Waals surface area contributed by atoms with Crippen molar-refractivity contribution in [1.29, 1.82) is 0 Å². The highest BCUT2D eigenvalue weighted by Gasteiger charge is 2.44. The maximum absolute atomic E-state index is 13.0. The Morgan fingerprint density at radius 3 is 1.46 bits per heavy atom. The number of hydrogen-bond donors (Lipinski definition) is 6. The Morgan fingerprint density at radius 2 is 0.969 bits per heavy atom. The van der Waals surface area contributed by atoms with Crippen molar-refractivity contribution in [1.82, 2.24) is 5.32 Å². The van der Waals surface area contributed by atoms with Crippen molar-refractivity contribution >= 4 is 5.91 Å². The van der Waals surface area contributed by atoms with Gasteiger partial charge in [0.25, 0.3) is 0 Å². The summed E-state index contributed by atoms with van der Waals surface area (Å²) in [5, 5.41) is 54.1. The Balaban J connectivity index is 2.30. The van der Waals surface area contributed by atoms with Crippen LogP contribution in [0.2, 0.25) is 0 Å². The van der Waals surface area contributed by atoms with E-state index < -0.39 is 49.5 Å². The quantitative estimate of drug-likeness (QED) is 0.0264. The number of unbranched alkanes of at least 4 members (excludes halogenated alkanes) is 9. The van der Waals surface area contributed by atoms with Gasteiger partial charge in [-0.1, -0.05) is 180 Å². The van der Waals surface area contributed by atoms with E-state index in [0.29, 0.717) is 6.42 Å². The molecule has 6 N–H and O–H groups in total. The number of allylic oxidation sites excluding steroid dienone is 21. The lowest BCUT2D eigenvalue weighted by Crippen LogP contribution is -2.60. The Kier molecular flexibility index (Phi) is 40.3. The van der Waals surface area contributed by atoms with Crippen LogP contribution in [0.5, 0.6) is 0 Å². The number of carbonyl (C=O) groups excluding carboxylic acids is 1. The predicted molar refractivity (Wildman–Crippen MR) is 271 cm³/mol. The van der Waals surface area contributed by atoms with Crippen LogP contribution in [0.1, 0.15) is 155 Å². The number of aliphatic hydroxyl groups excluding tert-OH is 5. The van der Waals surface area contributed by atoms with Gasteiger partial charge in [-0.3, -0.25) is 4.79 Å². The zero-order chi connectivity index (χ0) is 47.3. The molecule has 65 heavy (non-hydrogen) atoms. The first-order valence-corrected chi connectivity index (χ1v) is 24.9. The molecule has 7 atom stereocenters. The fraction of sp³-hybridized carbons (Fsp3) is 0.589. The number of carbonyl (C=O) groups is 1. The summed E-state index contributed by atoms with van der Waals surface area (Å²) in [6.45, 7) is 3.56. The van der Waals surface area contributed by atoms with Crippen LogP contribution in [0, 0.1) is 0 Å². The Labute approximate surface area is 394 Å². The first kappa shape index (κ1) is 59.3. The van der Waals surface area contributed by atoms with Crippen molar-refractivity contribution in [3.05, 3.63) is 134 Å². The summed E-state index contributed by atoms with van der Waals surface area (Å²) in [4.78, 5) is 13.0. The lowest BCUT2D eigenvalue weighted by atomic mass is 9.99. The second-order valence-electron chi connectivity index (χ2n) is 16.5. The van der Waals surface area contributed by atoms with Crippen molar-refractivity contribution in [3.63, 3.8) is 0 Å². The van der Waals surface area contributed by atoms with Crippen LogP contribution < -0.4 is 5.32 Å². The molecule has 0 aliphatic carbocycles. The molecule has 0 aromatic rings. The minimum absolute atomic E-state index is 0.224. The van der Waals surface area contributed by atoms with Crippen LogP contribution in [0.25, 0.3) is 0 Å². The molecule has 1 aliphatic rings. The highest BCUT2D eigenvalue weighted by Crippen LogP contribution is 2.22. The molecule has 0 saturated carbocycles. The van der Waals surface area contributed by atoms with Crippen LogP contribution in [0.3, 0.4) is 0 Å². The maximum atomic E-state index is 13.0. The van der Waals surface area contributed by atoms with Gasteiger partial charge in [0, 0.05) is 6.42 Å². The van der Waals surface area contributed by atoms with E-state index in [1.54, 1.807) is 6.08 Å². The van der Waals surface area contributed by atoms with Crippen LogP contribution in [0.4, 0.5) is 0 Å². The van der Waals surface area contributed by atoms with Gasteiger partial charge in [-0.15, -0.1) is 0 Å². The number of rotatable bonds is 39. The average molecular weight is 904 g/mol. The van der Waals surface area contributed by atoms with Gasteiger partial charge in [0.1, 0.15) is 24.4 Å². The lowest BCUT2D eigenvalue weighted by molar-refractivity contribution is -0.302. The van der Waals surface area contributed by atoms with Crippen LogP contribution in [0.15, 0.2) is 134 Å². The van der Waals surface area contributed by atoms with Crippen molar-refractivity contribution in [3.8, 4) is 0 Å². The van der Waals surface area contributed by atoms with E-state index in [4.69, 9.17) is 9.47 Å². The van der Waals surface area contributed by atoms with Gasteiger partial charge >= 0.3 is 0 Å². The SMILES string of the molecule is CC/C=C\C/C=C\C/C=C\C/C=C\C/C=C\C/C=C\C/C=C\C/C=C\C/C=C\CCCCCC(=O)NC(COC1OC(CO)C(O)C(O)C1O)C(O)/C=C/CC/C=C/CCCCCCC. The Bertz CT molecular complexity index is 1470. The third kappa shape index (κ3) is 34.3. The molecule has 1 saturated heterocycles. The largest absolute Gasteiger partial charge is 0.394 e. The molecule has 0 radical (unpaired) electrons. The molecule has 1 heterocycles. The summed E-state index contributed by atoms with van der Waals surface area (Å²) in [5.41, 5.74) is 0. The predicted octanol–water partition coefficient (Wildman–Crippen LogP) is 11.4. The summed E-state index contributed by atoms with van der Waals surface area (Å²) in [6, 6.07) is -0.848. The van der Waals surface area contributed by atoms with Gasteiger partial charge in [-0.25, -0.2) is 0 Å². The second kappa shape index (κ2) is 44.2. The minimum atomic E-state index is -1.59. The molecule has 0 spiro atoms. The summed E-state index contributed by atoms with van der Waals surface area (Å²) in [7, 11) is 0. The first-order chi connectivity index (χ1) is 31.8. The average Bonchev–Trinajstić information content (AvgIpc) is 3.31. The monoisotopic (exact) mass is 904 g/mol. The van der Waals surface area contributed by atoms with Crippen LogP contribution >= 0.6 is 0 Å². The van der Waals surface area contributed by atoms with E-state index >= 15 is 0 Å².